The molecule has 132 valence electrons. The molecule has 0 aliphatic heterocycles. The van der Waals surface area contributed by atoms with Gasteiger partial charge in [0.1, 0.15) is 5.69 Å². The van der Waals surface area contributed by atoms with Crippen LogP contribution in [-0.4, -0.2) is 19.7 Å². The van der Waals surface area contributed by atoms with Gasteiger partial charge >= 0.3 is 0 Å². The maximum Gasteiger partial charge on any atom is 0.156 e. The van der Waals surface area contributed by atoms with Gasteiger partial charge in [0.15, 0.2) is 5.82 Å². The average Bonchev–Trinajstić information content (AvgIpc) is 3.17. The van der Waals surface area contributed by atoms with E-state index in [0.717, 1.165) is 28.2 Å². The molecule has 0 aliphatic rings. The third-order valence-electron chi connectivity index (χ3n) is 4.83. The van der Waals surface area contributed by atoms with E-state index in [1.165, 1.54) is 16.7 Å². The van der Waals surface area contributed by atoms with Crippen molar-refractivity contribution in [3.63, 3.8) is 0 Å². The van der Waals surface area contributed by atoms with Crippen molar-refractivity contribution < 1.29 is 0 Å². The first-order valence-electron chi connectivity index (χ1n) is 8.93. The Kier molecular flexibility index (Phi) is 3.72. The van der Waals surface area contributed by atoms with Crippen LogP contribution in [0.25, 0.3) is 33.7 Å². The van der Waals surface area contributed by atoms with E-state index in [-0.39, 0.29) is 5.41 Å². The van der Waals surface area contributed by atoms with Gasteiger partial charge in [0.25, 0.3) is 0 Å². The van der Waals surface area contributed by atoms with Gasteiger partial charge in [-0.05, 0) is 41.8 Å². The van der Waals surface area contributed by atoms with Crippen molar-refractivity contribution in [2.75, 3.05) is 0 Å². The Morgan fingerprint density at radius 2 is 1.77 bits per heavy atom. The summed E-state index contributed by atoms with van der Waals surface area (Å²) in [6, 6.07) is 17.0. The zero-order chi connectivity index (χ0) is 18.5. The number of fused-ring (bicyclic) bond motifs is 1. The summed E-state index contributed by atoms with van der Waals surface area (Å²) in [4.78, 5) is 8.26. The van der Waals surface area contributed by atoms with Crippen molar-refractivity contribution in [3.05, 3.63) is 59.8 Å². The molecule has 0 bridgehead atoms. The van der Waals surface area contributed by atoms with Crippen LogP contribution in [0, 0.1) is 6.92 Å². The molecule has 1 N–H and O–H groups in total. The fourth-order valence-electron chi connectivity index (χ4n) is 3.25. The van der Waals surface area contributed by atoms with Gasteiger partial charge in [0, 0.05) is 12.5 Å². The quantitative estimate of drug-likeness (QED) is 0.541. The molecule has 2 aromatic carbocycles. The number of H-pyrrole nitrogens is 1. The number of benzene rings is 2. The topological polar surface area (TPSA) is 46.5 Å². The maximum atomic E-state index is 4.78. The number of rotatable bonds is 2. The van der Waals surface area contributed by atoms with Gasteiger partial charge in [-0.1, -0.05) is 51.1 Å². The molecule has 0 amide bonds. The van der Waals surface area contributed by atoms with Crippen LogP contribution in [0.1, 0.15) is 32.0 Å². The highest BCUT2D eigenvalue weighted by molar-refractivity contribution is 5.84. The predicted octanol–water partition coefficient (Wildman–Crippen LogP) is 5.24. The molecule has 0 radical (unpaired) electrons. The van der Waals surface area contributed by atoms with Crippen molar-refractivity contribution >= 4 is 11.0 Å². The van der Waals surface area contributed by atoms with Crippen LogP contribution in [0.5, 0.6) is 0 Å². The molecule has 0 aliphatic carbocycles. The lowest BCUT2D eigenvalue weighted by Gasteiger charge is -2.13. The monoisotopic (exact) mass is 344 g/mol. The fraction of sp³-hybridized carbons (Fsp3) is 0.273. The molecule has 2 aromatic heterocycles. The Balaban J connectivity index is 1.80. The van der Waals surface area contributed by atoms with Gasteiger partial charge in [-0.25, -0.2) is 4.98 Å². The molecule has 0 spiro atoms. The Labute approximate surface area is 153 Å². The highest BCUT2D eigenvalue weighted by Crippen LogP contribution is 2.29. The second kappa shape index (κ2) is 5.84. The summed E-state index contributed by atoms with van der Waals surface area (Å²) in [5.41, 5.74) is 7.81. The second-order valence-electron chi connectivity index (χ2n) is 7.92. The lowest BCUT2D eigenvalue weighted by Crippen LogP contribution is -2.12. The number of nitrogens with one attached hydrogen (secondary N) is 1. The molecule has 0 saturated carbocycles. The van der Waals surface area contributed by atoms with Crippen molar-refractivity contribution in [2.45, 2.75) is 33.1 Å². The van der Waals surface area contributed by atoms with E-state index in [4.69, 9.17) is 4.98 Å². The molecule has 4 nitrogen and oxygen atoms in total. The van der Waals surface area contributed by atoms with Gasteiger partial charge in [-0.3, -0.25) is 4.68 Å². The molecule has 2 heterocycles. The molecular formula is C22H24N4. The Morgan fingerprint density at radius 1 is 1.00 bits per heavy atom. The minimum absolute atomic E-state index is 0.0139. The first-order valence-corrected chi connectivity index (χ1v) is 8.93. The van der Waals surface area contributed by atoms with Crippen molar-refractivity contribution in [2.24, 2.45) is 7.05 Å². The number of aromatic nitrogens is 4. The first kappa shape index (κ1) is 16.6. The van der Waals surface area contributed by atoms with Crippen LogP contribution in [0.4, 0.5) is 0 Å². The second-order valence-corrected chi connectivity index (χ2v) is 7.92. The highest BCUT2D eigenvalue weighted by atomic mass is 15.3. The smallest absolute Gasteiger partial charge is 0.156 e. The maximum absolute atomic E-state index is 4.78. The minimum atomic E-state index is 0.0139. The van der Waals surface area contributed by atoms with Gasteiger partial charge < -0.3 is 4.98 Å². The standard InChI is InChI=1S/C22H24N4/c1-14-8-6-7-9-16(14)15-10-11-17-18(12-15)24-21(23-17)19-13-20(22(2,3)4)25-26(19)5/h6-13H,1-5H3,(H,23,24). The molecule has 0 saturated heterocycles. The molecule has 0 unspecified atom stereocenters. The number of hydrogen-bond acceptors (Lipinski definition) is 2. The van der Waals surface area contributed by atoms with Crippen LogP contribution >= 0.6 is 0 Å². The Hall–Kier alpha value is -2.88. The SMILES string of the molecule is Cc1ccccc1-c1ccc2nc(-c3cc(C(C)(C)C)nn3C)[nH]c2c1. The zero-order valence-corrected chi connectivity index (χ0v) is 16.0. The third kappa shape index (κ3) is 2.81. The van der Waals surface area contributed by atoms with E-state index < -0.39 is 0 Å². The number of nitrogens with zero attached hydrogens (tertiary/aromatic N) is 3. The molecule has 4 rings (SSSR count). The minimum Gasteiger partial charge on any atom is -0.337 e. The van der Waals surface area contributed by atoms with E-state index in [1.807, 2.05) is 11.7 Å². The molecule has 4 heteroatoms. The fourth-order valence-corrected chi connectivity index (χ4v) is 3.25. The summed E-state index contributed by atoms with van der Waals surface area (Å²) in [5.74, 6) is 0.854. The number of aryl methyl sites for hydroxylation is 2. The highest BCUT2D eigenvalue weighted by Gasteiger charge is 2.20. The predicted molar refractivity (Wildman–Crippen MR) is 107 cm³/mol. The number of aromatic amines is 1. The molecule has 4 aromatic rings. The average molecular weight is 344 g/mol. The zero-order valence-electron chi connectivity index (χ0n) is 16.0. The van der Waals surface area contributed by atoms with E-state index in [1.54, 1.807) is 0 Å². The normalized spacial score (nSPS) is 12.0. The van der Waals surface area contributed by atoms with Gasteiger partial charge in [0.05, 0.1) is 16.7 Å². The van der Waals surface area contributed by atoms with Crippen LogP contribution in [-0.2, 0) is 12.5 Å². The molecule has 0 fully saturated rings. The Bertz CT molecular complexity index is 1090. The van der Waals surface area contributed by atoms with E-state index in [9.17, 15) is 0 Å². The Morgan fingerprint density at radius 3 is 2.46 bits per heavy atom. The van der Waals surface area contributed by atoms with Gasteiger partial charge in [-0.2, -0.15) is 5.10 Å². The van der Waals surface area contributed by atoms with Crippen molar-refractivity contribution in [1.29, 1.82) is 0 Å². The molecular weight excluding hydrogens is 320 g/mol. The number of hydrogen-bond donors (Lipinski definition) is 1. The largest absolute Gasteiger partial charge is 0.337 e. The third-order valence-corrected chi connectivity index (χ3v) is 4.83. The van der Waals surface area contributed by atoms with Crippen LogP contribution < -0.4 is 0 Å². The summed E-state index contributed by atoms with van der Waals surface area (Å²) < 4.78 is 1.90. The van der Waals surface area contributed by atoms with Crippen LogP contribution in [0.3, 0.4) is 0 Å². The van der Waals surface area contributed by atoms with E-state index in [2.05, 4.69) is 86.3 Å². The van der Waals surface area contributed by atoms with Crippen LogP contribution in [0.2, 0.25) is 0 Å². The van der Waals surface area contributed by atoms with Gasteiger partial charge in [-0.15, -0.1) is 0 Å². The first-order chi connectivity index (χ1) is 12.3. The van der Waals surface area contributed by atoms with E-state index in [0.29, 0.717) is 0 Å². The van der Waals surface area contributed by atoms with Crippen molar-refractivity contribution in [3.8, 4) is 22.6 Å². The molecule has 26 heavy (non-hydrogen) atoms. The summed E-state index contributed by atoms with van der Waals surface area (Å²) >= 11 is 0. The number of imidazole rings is 1. The summed E-state index contributed by atoms with van der Waals surface area (Å²) in [7, 11) is 1.97. The van der Waals surface area contributed by atoms with Crippen molar-refractivity contribution in [1.82, 2.24) is 19.7 Å². The van der Waals surface area contributed by atoms with Crippen LogP contribution in [0.15, 0.2) is 48.5 Å². The van der Waals surface area contributed by atoms with E-state index >= 15 is 0 Å². The summed E-state index contributed by atoms with van der Waals surface area (Å²) in [6.07, 6.45) is 0. The van der Waals surface area contributed by atoms with Gasteiger partial charge in [0.2, 0.25) is 0 Å². The molecule has 0 atom stereocenters. The lowest BCUT2D eigenvalue weighted by molar-refractivity contribution is 0.553. The summed E-state index contributed by atoms with van der Waals surface area (Å²) in [6.45, 7) is 8.66. The summed E-state index contributed by atoms with van der Waals surface area (Å²) in [5, 5.41) is 4.66. The lowest BCUT2D eigenvalue weighted by atomic mass is 9.92.